The first-order chi connectivity index (χ1) is 12.0. The third kappa shape index (κ3) is 4.25. The summed E-state index contributed by atoms with van der Waals surface area (Å²) < 4.78 is 5.16. The van der Waals surface area contributed by atoms with Gasteiger partial charge in [0, 0.05) is 41.9 Å². The summed E-state index contributed by atoms with van der Waals surface area (Å²) in [7, 11) is 0. The standard InChI is InChI=1S/C19H22N2O3S/c1-14(2)25-16-7-5-15(6-8-16)18(22)20-9-11-21(12-10-20)19(23)17-4-3-13-24-17/h3-8,13-14H,9-12H2,1-2H3. The molecule has 1 fully saturated rings. The minimum atomic E-state index is -0.118. The first kappa shape index (κ1) is 17.6. The Morgan fingerprint density at radius 1 is 0.960 bits per heavy atom. The number of piperazine rings is 1. The molecule has 0 spiro atoms. The Labute approximate surface area is 152 Å². The summed E-state index contributed by atoms with van der Waals surface area (Å²) in [6.07, 6.45) is 1.49. The molecule has 0 bridgehead atoms. The van der Waals surface area contributed by atoms with Gasteiger partial charge in [0.15, 0.2) is 5.76 Å². The molecule has 132 valence electrons. The average molecular weight is 358 g/mol. The minimum absolute atomic E-state index is 0.0196. The van der Waals surface area contributed by atoms with Gasteiger partial charge >= 0.3 is 0 Å². The van der Waals surface area contributed by atoms with E-state index >= 15 is 0 Å². The molecule has 1 aromatic heterocycles. The van der Waals surface area contributed by atoms with Crippen molar-refractivity contribution >= 4 is 23.6 Å². The maximum absolute atomic E-state index is 12.6. The van der Waals surface area contributed by atoms with E-state index in [1.807, 2.05) is 24.3 Å². The Morgan fingerprint density at radius 2 is 1.56 bits per heavy atom. The van der Waals surface area contributed by atoms with Crippen LogP contribution in [0.3, 0.4) is 0 Å². The number of hydrogen-bond acceptors (Lipinski definition) is 4. The number of amides is 2. The van der Waals surface area contributed by atoms with Gasteiger partial charge in [0.2, 0.25) is 0 Å². The maximum Gasteiger partial charge on any atom is 0.289 e. The molecular formula is C19H22N2O3S. The Balaban J connectivity index is 1.57. The van der Waals surface area contributed by atoms with Crippen LogP contribution in [0.2, 0.25) is 0 Å². The number of carbonyl (C=O) groups is 2. The fourth-order valence-corrected chi connectivity index (χ4v) is 3.64. The van der Waals surface area contributed by atoms with Crippen LogP contribution in [-0.2, 0) is 0 Å². The van der Waals surface area contributed by atoms with E-state index in [1.165, 1.54) is 11.2 Å². The van der Waals surface area contributed by atoms with Crippen molar-refractivity contribution in [2.75, 3.05) is 26.2 Å². The zero-order valence-electron chi connectivity index (χ0n) is 14.5. The maximum atomic E-state index is 12.6. The van der Waals surface area contributed by atoms with Crippen molar-refractivity contribution < 1.29 is 14.0 Å². The van der Waals surface area contributed by atoms with Crippen molar-refractivity contribution in [3.8, 4) is 0 Å². The van der Waals surface area contributed by atoms with E-state index in [4.69, 9.17) is 4.42 Å². The largest absolute Gasteiger partial charge is 0.459 e. The molecule has 1 saturated heterocycles. The molecule has 0 N–H and O–H groups in total. The average Bonchev–Trinajstić information content (AvgIpc) is 3.15. The van der Waals surface area contributed by atoms with Gasteiger partial charge < -0.3 is 14.2 Å². The second-order valence-corrected chi connectivity index (χ2v) is 7.90. The molecular weight excluding hydrogens is 336 g/mol. The van der Waals surface area contributed by atoms with Crippen molar-refractivity contribution in [2.45, 2.75) is 24.0 Å². The van der Waals surface area contributed by atoms with Crippen LogP contribution in [0.1, 0.15) is 34.8 Å². The molecule has 1 aliphatic rings. The van der Waals surface area contributed by atoms with Crippen LogP contribution < -0.4 is 0 Å². The van der Waals surface area contributed by atoms with Crippen molar-refractivity contribution in [1.29, 1.82) is 0 Å². The SMILES string of the molecule is CC(C)Sc1ccc(C(=O)N2CCN(C(=O)c3ccco3)CC2)cc1. The van der Waals surface area contributed by atoms with Gasteiger partial charge in [-0.05, 0) is 36.4 Å². The molecule has 2 amide bonds. The van der Waals surface area contributed by atoms with Crippen LogP contribution in [0, 0.1) is 0 Å². The second-order valence-electron chi connectivity index (χ2n) is 6.25. The summed E-state index contributed by atoms with van der Waals surface area (Å²) in [4.78, 5) is 29.6. The van der Waals surface area contributed by atoms with Gasteiger partial charge in [-0.15, -0.1) is 11.8 Å². The van der Waals surface area contributed by atoms with Gasteiger partial charge in [-0.3, -0.25) is 9.59 Å². The third-order valence-corrected chi connectivity index (χ3v) is 5.07. The van der Waals surface area contributed by atoms with E-state index in [0.717, 1.165) is 0 Å². The van der Waals surface area contributed by atoms with Gasteiger partial charge in [-0.25, -0.2) is 0 Å². The van der Waals surface area contributed by atoms with Crippen LogP contribution in [0.25, 0.3) is 0 Å². The van der Waals surface area contributed by atoms with Crippen LogP contribution in [0.5, 0.6) is 0 Å². The number of rotatable bonds is 4. The smallest absolute Gasteiger partial charge is 0.289 e. The van der Waals surface area contributed by atoms with Crippen LogP contribution in [0.4, 0.5) is 0 Å². The molecule has 6 heteroatoms. The van der Waals surface area contributed by atoms with Crippen molar-refractivity contribution in [3.63, 3.8) is 0 Å². The summed E-state index contributed by atoms with van der Waals surface area (Å²) in [6.45, 7) is 6.40. The van der Waals surface area contributed by atoms with E-state index in [2.05, 4.69) is 13.8 Å². The molecule has 2 heterocycles. The van der Waals surface area contributed by atoms with Crippen LogP contribution >= 0.6 is 11.8 Å². The number of thioether (sulfide) groups is 1. The lowest BCUT2D eigenvalue weighted by molar-refractivity contribution is 0.0518. The highest BCUT2D eigenvalue weighted by Crippen LogP contribution is 2.23. The lowest BCUT2D eigenvalue weighted by Crippen LogP contribution is -2.50. The van der Waals surface area contributed by atoms with E-state index < -0.39 is 0 Å². The Bertz CT molecular complexity index is 718. The van der Waals surface area contributed by atoms with Crippen molar-refractivity contribution in [2.24, 2.45) is 0 Å². The summed E-state index contributed by atoms with van der Waals surface area (Å²) in [5.41, 5.74) is 0.693. The molecule has 2 aromatic rings. The van der Waals surface area contributed by atoms with E-state index in [9.17, 15) is 9.59 Å². The van der Waals surface area contributed by atoms with Crippen LogP contribution in [0.15, 0.2) is 52.0 Å². The van der Waals surface area contributed by atoms with Gasteiger partial charge in [0.1, 0.15) is 0 Å². The highest BCUT2D eigenvalue weighted by Gasteiger charge is 2.26. The predicted octanol–water partition coefficient (Wildman–Crippen LogP) is 3.38. The fourth-order valence-electron chi connectivity index (χ4n) is 2.80. The number of furan rings is 1. The zero-order valence-corrected chi connectivity index (χ0v) is 15.3. The third-order valence-electron chi connectivity index (χ3n) is 4.06. The van der Waals surface area contributed by atoms with Crippen LogP contribution in [-0.4, -0.2) is 53.0 Å². The molecule has 1 aromatic carbocycles. The van der Waals surface area contributed by atoms with Gasteiger partial charge in [-0.2, -0.15) is 0 Å². The van der Waals surface area contributed by atoms with Crippen molar-refractivity contribution in [3.05, 3.63) is 54.0 Å². The first-order valence-corrected chi connectivity index (χ1v) is 9.31. The first-order valence-electron chi connectivity index (χ1n) is 8.43. The summed E-state index contributed by atoms with van der Waals surface area (Å²) in [6, 6.07) is 11.1. The minimum Gasteiger partial charge on any atom is -0.459 e. The second kappa shape index (κ2) is 7.78. The number of hydrogen-bond donors (Lipinski definition) is 0. The molecule has 3 rings (SSSR count). The highest BCUT2D eigenvalue weighted by atomic mass is 32.2. The summed E-state index contributed by atoms with van der Waals surface area (Å²) >= 11 is 1.78. The Morgan fingerprint density at radius 3 is 2.08 bits per heavy atom. The van der Waals surface area contributed by atoms with E-state index in [0.29, 0.717) is 42.8 Å². The monoisotopic (exact) mass is 358 g/mol. The molecule has 0 atom stereocenters. The zero-order chi connectivity index (χ0) is 17.8. The molecule has 0 radical (unpaired) electrons. The number of carbonyl (C=O) groups excluding carboxylic acids is 2. The molecule has 0 unspecified atom stereocenters. The Hall–Kier alpha value is -2.21. The molecule has 25 heavy (non-hydrogen) atoms. The molecule has 0 aliphatic carbocycles. The normalized spacial score (nSPS) is 14.8. The fraction of sp³-hybridized carbons (Fsp3) is 0.368. The topological polar surface area (TPSA) is 53.8 Å². The summed E-state index contributed by atoms with van der Waals surface area (Å²) in [5, 5.41) is 0.515. The van der Waals surface area contributed by atoms with Gasteiger partial charge in [0.05, 0.1) is 6.26 Å². The Kier molecular flexibility index (Phi) is 5.48. The lowest BCUT2D eigenvalue weighted by Gasteiger charge is -2.34. The van der Waals surface area contributed by atoms with Gasteiger partial charge in [0.25, 0.3) is 11.8 Å². The lowest BCUT2D eigenvalue weighted by atomic mass is 10.2. The molecule has 0 saturated carbocycles. The number of nitrogens with zero attached hydrogens (tertiary/aromatic N) is 2. The summed E-state index contributed by atoms with van der Waals surface area (Å²) in [5.74, 6) is 0.247. The predicted molar refractivity (Wildman–Crippen MR) is 98.0 cm³/mol. The number of benzene rings is 1. The van der Waals surface area contributed by atoms with E-state index in [-0.39, 0.29) is 11.8 Å². The van der Waals surface area contributed by atoms with Crippen molar-refractivity contribution in [1.82, 2.24) is 9.80 Å². The highest BCUT2D eigenvalue weighted by molar-refractivity contribution is 7.99. The molecule has 5 nitrogen and oxygen atoms in total. The quantitative estimate of drug-likeness (QED) is 0.786. The van der Waals surface area contributed by atoms with Gasteiger partial charge in [-0.1, -0.05) is 13.8 Å². The molecule has 1 aliphatic heterocycles. The van der Waals surface area contributed by atoms with E-state index in [1.54, 1.807) is 33.7 Å².